The van der Waals surface area contributed by atoms with Crippen LogP contribution in [-0.4, -0.2) is 27.4 Å². The second-order valence-electron chi connectivity index (χ2n) is 2.72. The second kappa shape index (κ2) is 4.97. The number of benzene rings is 1. The van der Waals surface area contributed by atoms with Crippen LogP contribution in [0.5, 0.6) is 0 Å². The van der Waals surface area contributed by atoms with Gasteiger partial charge in [0.1, 0.15) is 0 Å². The highest BCUT2D eigenvalue weighted by Gasteiger charge is 1.90. The molecule has 2 heteroatoms. The number of hydrogen-bond donors (Lipinski definition) is 0. The van der Waals surface area contributed by atoms with Gasteiger partial charge >= 0.3 is 0 Å². The molecule has 0 N–H and O–H groups in total. The van der Waals surface area contributed by atoms with E-state index in [0.717, 1.165) is 6.54 Å². The van der Waals surface area contributed by atoms with Gasteiger partial charge in [-0.15, -0.1) is 0 Å². The van der Waals surface area contributed by atoms with Crippen LogP contribution in [0.15, 0.2) is 30.3 Å². The lowest BCUT2D eigenvalue weighted by atomic mass is 10.2. The average molecular weight is 146 g/mol. The van der Waals surface area contributed by atoms with Crippen molar-refractivity contribution in [3.63, 3.8) is 0 Å². The van der Waals surface area contributed by atoms with Gasteiger partial charge in [0.15, 0.2) is 0 Å². The lowest BCUT2D eigenvalue weighted by Gasteiger charge is -2.08. The van der Waals surface area contributed by atoms with Gasteiger partial charge in [-0.05, 0) is 19.7 Å². The summed E-state index contributed by atoms with van der Waals surface area (Å²) in [5.41, 5.74) is 1.37. The van der Waals surface area contributed by atoms with Crippen LogP contribution in [0, 0.1) is 0 Å². The van der Waals surface area contributed by atoms with E-state index in [1.165, 1.54) is 5.56 Å². The van der Waals surface area contributed by atoms with Gasteiger partial charge in [-0.2, -0.15) is 0 Å². The van der Waals surface area contributed by atoms with Crippen molar-refractivity contribution in [3.8, 4) is 0 Å². The van der Waals surface area contributed by atoms with E-state index in [-0.39, 0.29) is 8.41 Å². The highest BCUT2D eigenvalue weighted by Crippen LogP contribution is 1.99. The molecule has 0 bridgehead atoms. The molecule has 0 amide bonds. The second-order valence-corrected chi connectivity index (χ2v) is 2.72. The van der Waals surface area contributed by atoms with Crippen LogP contribution in [0.25, 0.3) is 0 Å². The molecule has 0 heterocycles. The van der Waals surface area contributed by atoms with E-state index >= 15 is 0 Å². The van der Waals surface area contributed by atoms with E-state index < -0.39 is 0 Å². The summed E-state index contributed by atoms with van der Waals surface area (Å²) in [5.74, 6) is 0. The maximum absolute atomic E-state index is 2.16. The lowest BCUT2D eigenvalue weighted by Crippen LogP contribution is -2.10. The average Bonchev–Trinajstić information content (AvgIpc) is 1.88. The molecule has 1 aromatic carbocycles. The van der Waals surface area contributed by atoms with Crippen molar-refractivity contribution in [1.29, 1.82) is 0 Å². The fourth-order valence-electron chi connectivity index (χ4n) is 0.949. The molecule has 1 nitrogen and oxygen atoms in total. The number of nitrogens with zero attached hydrogens (tertiary/aromatic N) is 1. The van der Waals surface area contributed by atoms with Gasteiger partial charge in [0.2, 0.25) is 0 Å². The summed E-state index contributed by atoms with van der Waals surface area (Å²) in [7, 11) is 4.15. The topological polar surface area (TPSA) is 3.24 Å². The molecule has 0 aromatic heterocycles. The molecule has 0 saturated carbocycles. The van der Waals surface area contributed by atoms with Gasteiger partial charge in [0.05, 0.1) is 0 Å². The summed E-state index contributed by atoms with van der Waals surface area (Å²) in [4.78, 5) is 2.16. The van der Waals surface area contributed by atoms with Gasteiger partial charge in [-0.25, -0.2) is 0 Å². The maximum atomic E-state index is 2.16. The van der Waals surface area contributed by atoms with E-state index in [9.17, 15) is 0 Å². The smallest absolute Gasteiger partial charge is 0.0227 e. The zero-order valence-electron chi connectivity index (χ0n) is 7.12. The van der Waals surface area contributed by atoms with Gasteiger partial charge < -0.3 is 4.90 Å². The standard InChI is InChI=1S/C9H13N.B/c1-10(2)8-9-6-4-3-5-7-9;/h3-7H,8H2,1-2H3;. The summed E-state index contributed by atoms with van der Waals surface area (Å²) in [6.45, 7) is 1.03. The van der Waals surface area contributed by atoms with Gasteiger partial charge in [-0.3, -0.25) is 0 Å². The molecule has 1 rings (SSSR count). The van der Waals surface area contributed by atoms with E-state index in [1.807, 2.05) is 6.07 Å². The highest BCUT2D eigenvalue weighted by molar-refractivity contribution is 5.75. The molecule has 11 heavy (non-hydrogen) atoms. The predicted octanol–water partition coefficient (Wildman–Crippen LogP) is 1.37. The van der Waals surface area contributed by atoms with Crippen molar-refractivity contribution in [2.45, 2.75) is 6.54 Å². The third-order valence-electron chi connectivity index (χ3n) is 1.34. The van der Waals surface area contributed by atoms with Crippen molar-refractivity contribution < 1.29 is 0 Å². The van der Waals surface area contributed by atoms with Crippen molar-refractivity contribution in [3.05, 3.63) is 35.9 Å². The van der Waals surface area contributed by atoms with Crippen LogP contribution in [-0.2, 0) is 6.54 Å². The van der Waals surface area contributed by atoms with Gasteiger partial charge in [0, 0.05) is 15.0 Å². The zero-order chi connectivity index (χ0) is 7.40. The summed E-state index contributed by atoms with van der Waals surface area (Å²) >= 11 is 0. The summed E-state index contributed by atoms with van der Waals surface area (Å²) in [6, 6.07) is 10.5. The third kappa shape index (κ3) is 3.84. The Bertz CT molecular complexity index is 184. The first kappa shape index (κ1) is 10.2. The van der Waals surface area contributed by atoms with Gasteiger partial charge in [-0.1, -0.05) is 30.3 Å². The predicted molar refractivity (Wildman–Crippen MR) is 49.6 cm³/mol. The lowest BCUT2D eigenvalue weighted by molar-refractivity contribution is 0.402. The molecule has 0 unspecified atom stereocenters. The first-order valence-electron chi connectivity index (χ1n) is 3.47. The molecule has 0 aliphatic rings. The molecule has 57 valence electrons. The van der Waals surface area contributed by atoms with Crippen molar-refractivity contribution in [1.82, 2.24) is 4.90 Å². The maximum Gasteiger partial charge on any atom is 0.0227 e. The minimum absolute atomic E-state index is 0. The Morgan fingerprint density at radius 1 is 1.09 bits per heavy atom. The first-order valence-corrected chi connectivity index (χ1v) is 3.47. The summed E-state index contributed by atoms with van der Waals surface area (Å²) in [6.07, 6.45) is 0. The fourth-order valence-corrected chi connectivity index (χ4v) is 0.949. The molecule has 0 aliphatic carbocycles. The molecule has 1 aromatic rings. The quantitative estimate of drug-likeness (QED) is 0.569. The molecule has 0 fully saturated rings. The molecular weight excluding hydrogens is 133 g/mol. The minimum atomic E-state index is 0. The summed E-state index contributed by atoms with van der Waals surface area (Å²) < 4.78 is 0. The minimum Gasteiger partial charge on any atom is -0.305 e. The van der Waals surface area contributed by atoms with Crippen molar-refractivity contribution in [2.75, 3.05) is 14.1 Å². The largest absolute Gasteiger partial charge is 0.305 e. The monoisotopic (exact) mass is 146 g/mol. The molecule has 0 atom stereocenters. The molecule has 3 radical (unpaired) electrons. The van der Waals surface area contributed by atoms with Crippen LogP contribution in [0.4, 0.5) is 0 Å². The Morgan fingerprint density at radius 2 is 1.64 bits per heavy atom. The van der Waals surface area contributed by atoms with E-state index in [1.54, 1.807) is 0 Å². The van der Waals surface area contributed by atoms with Crippen molar-refractivity contribution >= 4 is 8.41 Å². The number of hydrogen-bond acceptors (Lipinski definition) is 1. The SMILES string of the molecule is CN(C)Cc1ccccc1.[B]. The van der Waals surface area contributed by atoms with E-state index in [4.69, 9.17) is 0 Å². The number of rotatable bonds is 2. The highest BCUT2D eigenvalue weighted by atomic mass is 15.0. The Morgan fingerprint density at radius 3 is 2.09 bits per heavy atom. The Kier molecular flexibility index (Phi) is 4.63. The van der Waals surface area contributed by atoms with Crippen LogP contribution >= 0.6 is 0 Å². The van der Waals surface area contributed by atoms with Gasteiger partial charge in [0.25, 0.3) is 0 Å². The molecule has 0 spiro atoms. The Hall–Kier alpha value is -0.755. The van der Waals surface area contributed by atoms with Crippen molar-refractivity contribution in [2.24, 2.45) is 0 Å². The van der Waals surface area contributed by atoms with Crippen LogP contribution in [0.3, 0.4) is 0 Å². The Labute approximate surface area is 70.6 Å². The van der Waals surface area contributed by atoms with Crippen LogP contribution in [0.1, 0.15) is 5.56 Å². The van der Waals surface area contributed by atoms with Crippen LogP contribution < -0.4 is 0 Å². The first-order chi connectivity index (χ1) is 4.79. The third-order valence-corrected chi connectivity index (χ3v) is 1.34. The molecular formula is C9H13BN. The van der Waals surface area contributed by atoms with E-state index in [0.29, 0.717) is 0 Å². The fraction of sp³-hybridized carbons (Fsp3) is 0.333. The molecule has 0 aliphatic heterocycles. The van der Waals surface area contributed by atoms with Crippen LogP contribution in [0.2, 0.25) is 0 Å². The Balaban J connectivity index is 0.000001000. The van der Waals surface area contributed by atoms with E-state index in [2.05, 4.69) is 43.3 Å². The summed E-state index contributed by atoms with van der Waals surface area (Å²) in [5, 5.41) is 0. The molecule has 0 saturated heterocycles. The normalized spacial score (nSPS) is 9.36. The zero-order valence-corrected chi connectivity index (χ0v) is 7.12.